The molecule has 0 saturated heterocycles. The van der Waals surface area contributed by atoms with Gasteiger partial charge in [-0.05, 0) is 0 Å². The van der Waals surface area contributed by atoms with Gasteiger partial charge in [0.2, 0.25) is 11.8 Å². The molecule has 0 amide bonds. The lowest BCUT2D eigenvalue weighted by Gasteiger charge is -2.05. The van der Waals surface area contributed by atoms with Crippen LogP contribution < -0.4 is 4.84 Å². The molecule has 0 aliphatic rings. The SMILES string of the molecule is COCCC(=O)On1c(O)ccc1O. The summed E-state index contributed by atoms with van der Waals surface area (Å²) >= 11 is 0. The Balaban J connectivity index is 2.55. The number of ether oxygens (including phenoxy) is 1. The lowest BCUT2D eigenvalue weighted by molar-refractivity contribution is -0.146. The van der Waals surface area contributed by atoms with Gasteiger partial charge in [0.05, 0.1) is 13.0 Å². The summed E-state index contributed by atoms with van der Waals surface area (Å²) in [7, 11) is 1.46. The summed E-state index contributed by atoms with van der Waals surface area (Å²) in [5.41, 5.74) is 0. The Morgan fingerprint density at radius 3 is 2.50 bits per heavy atom. The third kappa shape index (κ3) is 2.40. The van der Waals surface area contributed by atoms with Gasteiger partial charge < -0.3 is 19.8 Å². The van der Waals surface area contributed by atoms with Gasteiger partial charge in [0.25, 0.3) is 0 Å². The number of methoxy groups -OCH3 is 1. The maximum Gasteiger partial charge on any atom is 0.335 e. The molecule has 1 aromatic heterocycles. The van der Waals surface area contributed by atoms with Crippen molar-refractivity contribution in [2.24, 2.45) is 0 Å². The molecule has 0 atom stereocenters. The van der Waals surface area contributed by atoms with E-state index in [-0.39, 0.29) is 24.8 Å². The summed E-state index contributed by atoms with van der Waals surface area (Å²) in [6.45, 7) is 0.224. The van der Waals surface area contributed by atoms with Gasteiger partial charge in [-0.1, -0.05) is 0 Å². The largest absolute Gasteiger partial charge is 0.492 e. The van der Waals surface area contributed by atoms with Crippen LogP contribution in [0.1, 0.15) is 6.42 Å². The van der Waals surface area contributed by atoms with Crippen LogP contribution >= 0.6 is 0 Å². The van der Waals surface area contributed by atoms with Crippen LogP contribution in [-0.2, 0) is 9.53 Å². The van der Waals surface area contributed by atoms with Crippen molar-refractivity contribution in [1.29, 1.82) is 0 Å². The predicted molar refractivity (Wildman–Crippen MR) is 45.8 cm³/mol. The van der Waals surface area contributed by atoms with Gasteiger partial charge in [0.15, 0.2) is 0 Å². The first kappa shape index (κ1) is 10.4. The summed E-state index contributed by atoms with van der Waals surface area (Å²) in [4.78, 5) is 15.6. The van der Waals surface area contributed by atoms with E-state index in [1.807, 2.05) is 0 Å². The molecule has 0 aliphatic heterocycles. The van der Waals surface area contributed by atoms with E-state index in [1.165, 1.54) is 19.2 Å². The second-order valence-corrected chi connectivity index (χ2v) is 2.55. The van der Waals surface area contributed by atoms with Crippen LogP contribution in [-0.4, -0.2) is 34.6 Å². The fraction of sp³-hybridized carbons (Fsp3) is 0.375. The topological polar surface area (TPSA) is 80.9 Å². The average Bonchev–Trinajstić information content (AvgIpc) is 2.46. The first-order valence-corrected chi connectivity index (χ1v) is 3.95. The lowest BCUT2D eigenvalue weighted by atomic mass is 10.5. The van der Waals surface area contributed by atoms with E-state index >= 15 is 0 Å². The van der Waals surface area contributed by atoms with E-state index in [2.05, 4.69) is 9.57 Å². The van der Waals surface area contributed by atoms with Gasteiger partial charge in [0, 0.05) is 19.2 Å². The Hall–Kier alpha value is -1.69. The van der Waals surface area contributed by atoms with Gasteiger partial charge in [-0.25, -0.2) is 4.79 Å². The smallest absolute Gasteiger partial charge is 0.335 e. The fourth-order valence-electron chi connectivity index (χ4n) is 0.828. The van der Waals surface area contributed by atoms with E-state index in [4.69, 9.17) is 10.2 Å². The summed E-state index contributed by atoms with van der Waals surface area (Å²) in [6, 6.07) is 2.41. The number of hydrogen-bond acceptors (Lipinski definition) is 5. The number of nitrogens with zero attached hydrogens (tertiary/aromatic N) is 1. The Morgan fingerprint density at radius 1 is 1.43 bits per heavy atom. The highest BCUT2D eigenvalue weighted by Crippen LogP contribution is 2.18. The maximum atomic E-state index is 11.0. The van der Waals surface area contributed by atoms with Crippen molar-refractivity contribution < 1.29 is 24.6 Å². The van der Waals surface area contributed by atoms with Crippen molar-refractivity contribution in [2.75, 3.05) is 13.7 Å². The minimum atomic E-state index is -0.603. The summed E-state index contributed by atoms with van der Waals surface area (Å²) in [5, 5.41) is 18.2. The monoisotopic (exact) mass is 201 g/mol. The van der Waals surface area contributed by atoms with E-state index in [1.54, 1.807) is 0 Å². The maximum absolute atomic E-state index is 11.0. The Kier molecular flexibility index (Phi) is 3.35. The Morgan fingerprint density at radius 2 is 2.00 bits per heavy atom. The van der Waals surface area contributed by atoms with Crippen molar-refractivity contribution >= 4 is 5.97 Å². The number of hydrogen-bond donors (Lipinski definition) is 2. The minimum Gasteiger partial charge on any atom is -0.492 e. The van der Waals surface area contributed by atoms with Crippen molar-refractivity contribution in [3.05, 3.63) is 12.1 Å². The predicted octanol–water partition coefficient (Wildman–Crippen LogP) is -0.109. The molecule has 0 bridgehead atoms. The summed E-state index contributed by atoms with van der Waals surface area (Å²) < 4.78 is 5.29. The highest BCUT2D eigenvalue weighted by atomic mass is 16.7. The molecule has 0 radical (unpaired) electrons. The number of aromatic nitrogens is 1. The molecule has 1 aromatic rings. The normalized spacial score (nSPS) is 10.1. The van der Waals surface area contributed by atoms with Crippen molar-refractivity contribution in [3.63, 3.8) is 0 Å². The van der Waals surface area contributed by atoms with E-state index < -0.39 is 5.97 Å². The number of aromatic hydroxyl groups is 2. The Labute approximate surface area is 80.2 Å². The van der Waals surface area contributed by atoms with E-state index in [0.717, 1.165) is 0 Å². The number of carbonyl (C=O) groups is 1. The molecule has 6 heteroatoms. The molecular weight excluding hydrogens is 190 g/mol. The lowest BCUT2D eigenvalue weighted by Crippen LogP contribution is -2.20. The quantitative estimate of drug-likeness (QED) is 0.710. The highest BCUT2D eigenvalue weighted by molar-refractivity contribution is 5.70. The second-order valence-electron chi connectivity index (χ2n) is 2.55. The fourth-order valence-corrected chi connectivity index (χ4v) is 0.828. The van der Waals surface area contributed by atoms with Crippen LogP contribution in [0.2, 0.25) is 0 Å². The zero-order valence-electron chi connectivity index (χ0n) is 7.64. The number of rotatable bonds is 4. The molecule has 0 aliphatic carbocycles. The molecule has 2 N–H and O–H groups in total. The van der Waals surface area contributed by atoms with Crippen molar-refractivity contribution in [1.82, 2.24) is 4.73 Å². The molecule has 1 heterocycles. The third-order valence-electron chi connectivity index (χ3n) is 1.50. The molecule has 6 nitrogen and oxygen atoms in total. The minimum absolute atomic E-state index is 0.0492. The van der Waals surface area contributed by atoms with Gasteiger partial charge in [0.1, 0.15) is 0 Å². The third-order valence-corrected chi connectivity index (χ3v) is 1.50. The molecule has 0 fully saturated rings. The summed E-state index contributed by atoms with van der Waals surface area (Å²) in [5.74, 6) is -1.28. The molecule has 1 rings (SSSR count). The van der Waals surface area contributed by atoms with Crippen LogP contribution in [0, 0.1) is 0 Å². The van der Waals surface area contributed by atoms with Gasteiger partial charge >= 0.3 is 5.97 Å². The van der Waals surface area contributed by atoms with Gasteiger partial charge in [-0.3, -0.25) is 0 Å². The van der Waals surface area contributed by atoms with Gasteiger partial charge in [-0.2, -0.15) is 0 Å². The van der Waals surface area contributed by atoms with E-state index in [0.29, 0.717) is 4.73 Å². The van der Waals surface area contributed by atoms with Crippen molar-refractivity contribution in [2.45, 2.75) is 6.42 Å². The summed E-state index contributed by atoms with van der Waals surface area (Å²) in [6.07, 6.45) is 0.0492. The standard InChI is InChI=1S/C8H11NO5/c1-13-5-4-8(12)14-9-6(10)2-3-7(9)11/h2-3,10-11H,4-5H2,1H3. The molecule has 0 saturated carbocycles. The average molecular weight is 201 g/mol. The van der Waals surface area contributed by atoms with Crippen LogP contribution in [0.3, 0.4) is 0 Å². The Bertz CT molecular complexity index is 300. The van der Waals surface area contributed by atoms with Crippen LogP contribution in [0.4, 0.5) is 0 Å². The molecule has 0 aromatic carbocycles. The molecule has 0 unspecified atom stereocenters. The highest BCUT2D eigenvalue weighted by Gasteiger charge is 2.11. The second kappa shape index (κ2) is 4.52. The van der Waals surface area contributed by atoms with Crippen molar-refractivity contribution in [3.8, 4) is 11.8 Å². The molecule has 14 heavy (non-hydrogen) atoms. The molecule has 0 spiro atoms. The zero-order valence-corrected chi connectivity index (χ0v) is 7.64. The van der Waals surface area contributed by atoms with E-state index in [9.17, 15) is 4.79 Å². The number of carbonyl (C=O) groups excluding carboxylic acids is 1. The zero-order chi connectivity index (χ0) is 10.6. The van der Waals surface area contributed by atoms with Crippen LogP contribution in [0.15, 0.2) is 12.1 Å². The van der Waals surface area contributed by atoms with Gasteiger partial charge in [-0.15, -0.1) is 4.73 Å². The molecular formula is C8H11NO5. The first-order chi connectivity index (χ1) is 6.65. The van der Waals surface area contributed by atoms with Crippen LogP contribution in [0.5, 0.6) is 11.8 Å². The molecule has 78 valence electrons. The first-order valence-electron chi connectivity index (χ1n) is 3.95. The van der Waals surface area contributed by atoms with Crippen LogP contribution in [0.25, 0.3) is 0 Å².